The van der Waals surface area contributed by atoms with Crippen LogP contribution in [0, 0.1) is 4.77 Å². The fraction of sp³-hybridized carbons (Fsp3) is 0.167. The Kier molecular flexibility index (Phi) is 4.14. The Morgan fingerprint density at radius 1 is 1.14 bits per heavy atom. The molecule has 1 aromatic carbocycles. The zero-order valence-electron chi connectivity index (χ0n) is 11.2. The molecule has 2 rings (SSSR count). The maximum absolute atomic E-state index is 12.5. The quantitative estimate of drug-likeness (QED) is 0.820. The van der Waals surface area contributed by atoms with E-state index in [1.54, 1.807) is 0 Å². The summed E-state index contributed by atoms with van der Waals surface area (Å²) in [6.07, 6.45) is 1.06. The summed E-state index contributed by atoms with van der Waals surface area (Å²) in [4.78, 5) is 16.0. The largest absolute Gasteiger partial charge is 0.493 e. The van der Waals surface area contributed by atoms with E-state index in [-0.39, 0.29) is 15.4 Å². The average Bonchev–Trinajstić information content (AvgIpc) is 2.46. The highest BCUT2D eigenvalue weighted by Crippen LogP contribution is 2.30. The summed E-state index contributed by atoms with van der Waals surface area (Å²) in [7, 11) is -1.17. The molecule has 0 amide bonds. The maximum atomic E-state index is 12.5. The third-order valence-corrected chi connectivity index (χ3v) is 4.72. The number of rotatable bonds is 4. The van der Waals surface area contributed by atoms with Gasteiger partial charge < -0.3 is 14.5 Å². The van der Waals surface area contributed by atoms with E-state index in [1.165, 1.54) is 32.4 Å². The molecular formula is C12H12N2O5S2. The first-order valence-corrected chi connectivity index (χ1v) is 7.58. The lowest BCUT2D eigenvalue weighted by Gasteiger charge is -2.09. The number of sulfone groups is 1. The summed E-state index contributed by atoms with van der Waals surface area (Å²) in [5.41, 5.74) is -0.784. The van der Waals surface area contributed by atoms with Crippen molar-refractivity contribution in [1.29, 1.82) is 0 Å². The molecule has 0 saturated carbocycles. The van der Waals surface area contributed by atoms with Gasteiger partial charge in [-0.1, -0.05) is 0 Å². The number of hydrogen-bond donors (Lipinski definition) is 2. The molecule has 0 aliphatic carbocycles. The molecule has 0 aliphatic heterocycles. The van der Waals surface area contributed by atoms with Crippen LogP contribution in [0.25, 0.3) is 0 Å². The number of aromatic amines is 2. The zero-order valence-corrected chi connectivity index (χ0v) is 12.8. The van der Waals surface area contributed by atoms with E-state index in [0.717, 1.165) is 6.20 Å². The first kappa shape index (κ1) is 15.3. The van der Waals surface area contributed by atoms with Crippen LogP contribution in [0.5, 0.6) is 11.5 Å². The van der Waals surface area contributed by atoms with Crippen molar-refractivity contribution in [2.24, 2.45) is 0 Å². The second-order valence-electron chi connectivity index (χ2n) is 3.96. The van der Waals surface area contributed by atoms with Crippen molar-refractivity contribution in [3.05, 3.63) is 39.5 Å². The van der Waals surface area contributed by atoms with Crippen LogP contribution in [0.3, 0.4) is 0 Å². The van der Waals surface area contributed by atoms with E-state index in [9.17, 15) is 13.2 Å². The van der Waals surface area contributed by atoms with Gasteiger partial charge in [-0.25, -0.2) is 8.42 Å². The standard InChI is InChI=1S/C12H12N2O5S2/c1-18-8-4-3-7(5-9(8)19-2)21(16,17)10-6-13-12(20)14-11(10)15/h3-6H,1-2H3,(H2,13,14,15,20). The van der Waals surface area contributed by atoms with Gasteiger partial charge in [-0.2, -0.15) is 0 Å². The second-order valence-corrected chi connectivity index (χ2v) is 6.28. The van der Waals surface area contributed by atoms with Gasteiger partial charge in [0.15, 0.2) is 21.2 Å². The molecule has 21 heavy (non-hydrogen) atoms. The minimum absolute atomic E-state index is 0.0475. The lowest BCUT2D eigenvalue weighted by atomic mass is 10.3. The van der Waals surface area contributed by atoms with Gasteiger partial charge in [0.05, 0.1) is 19.1 Å². The van der Waals surface area contributed by atoms with Crippen molar-refractivity contribution in [3.8, 4) is 11.5 Å². The van der Waals surface area contributed by atoms with Crippen molar-refractivity contribution in [2.75, 3.05) is 14.2 Å². The van der Waals surface area contributed by atoms with Crippen LogP contribution in [0.2, 0.25) is 0 Å². The van der Waals surface area contributed by atoms with Crippen LogP contribution in [-0.2, 0) is 9.84 Å². The maximum Gasteiger partial charge on any atom is 0.270 e. The molecule has 2 aromatic rings. The first-order chi connectivity index (χ1) is 9.90. The number of hydrogen-bond acceptors (Lipinski definition) is 6. The Bertz CT molecular complexity index is 883. The SMILES string of the molecule is COc1ccc(S(=O)(=O)c2c[nH]c(=S)[nH]c2=O)cc1OC. The molecular weight excluding hydrogens is 316 g/mol. The highest BCUT2D eigenvalue weighted by molar-refractivity contribution is 7.91. The van der Waals surface area contributed by atoms with Gasteiger partial charge in [-0.05, 0) is 24.4 Å². The fourth-order valence-electron chi connectivity index (χ4n) is 1.71. The summed E-state index contributed by atoms with van der Waals surface area (Å²) in [5.74, 6) is 0.636. The van der Waals surface area contributed by atoms with E-state index in [2.05, 4.69) is 9.97 Å². The molecule has 0 bridgehead atoms. The summed E-state index contributed by atoms with van der Waals surface area (Å²) < 4.78 is 35.1. The Morgan fingerprint density at radius 2 is 1.81 bits per heavy atom. The molecule has 0 saturated heterocycles. The monoisotopic (exact) mass is 328 g/mol. The van der Waals surface area contributed by atoms with Crippen molar-refractivity contribution in [3.63, 3.8) is 0 Å². The molecule has 0 atom stereocenters. The Labute approximate surface area is 125 Å². The minimum atomic E-state index is -4.00. The van der Waals surface area contributed by atoms with Crippen molar-refractivity contribution < 1.29 is 17.9 Å². The van der Waals surface area contributed by atoms with Crippen LogP contribution in [-0.4, -0.2) is 32.6 Å². The average molecular weight is 328 g/mol. The van der Waals surface area contributed by atoms with Crippen LogP contribution < -0.4 is 15.0 Å². The molecule has 0 spiro atoms. The van der Waals surface area contributed by atoms with Gasteiger partial charge in [0.2, 0.25) is 9.84 Å². The van der Waals surface area contributed by atoms with Crippen LogP contribution in [0.4, 0.5) is 0 Å². The molecule has 0 radical (unpaired) electrons. The summed E-state index contributed by atoms with van der Waals surface area (Å²) in [6, 6.07) is 4.07. The van der Waals surface area contributed by atoms with E-state index in [0.29, 0.717) is 5.75 Å². The van der Waals surface area contributed by atoms with Crippen molar-refractivity contribution in [1.82, 2.24) is 9.97 Å². The van der Waals surface area contributed by atoms with Crippen LogP contribution in [0.15, 0.2) is 39.0 Å². The molecule has 0 fully saturated rings. The molecule has 2 N–H and O–H groups in total. The smallest absolute Gasteiger partial charge is 0.270 e. The summed E-state index contributed by atoms with van der Waals surface area (Å²) >= 11 is 4.73. The summed E-state index contributed by atoms with van der Waals surface area (Å²) in [5, 5.41) is 0. The Morgan fingerprint density at radius 3 is 2.38 bits per heavy atom. The number of benzene rings is 1. The molecule has 0 unspecified atom stereocenters. The molecule has 7 nitrogen and oxygen atoms in total. The van der Waals surface area contributed by atoms with Gasteiger partial charge in [0.1, 0.15) is 0 Å². The lowest BCUT2D eigenvalue weighted by Crippen LogP contribution is -2.18. The van der Waals surface area contributed by atoms with E-state index < -0.39 is 20.3 Å². The van der Waals surface area contributed by atoms with Gasteiger partial charge >= 0.3 is 0 Å². The van der Waals surface area contributed by atoms with Crippen molar-refractivity contribution in [2.45, 2.75) is 9.79 Å². The number of ether oxygens (including phenoxy) is 2. The predicted octanol–water partition coefficient (Wildman–Crippen LogP) is 1.28. The number of methoxy groups -OCH3 is 2. The minimum Gasteiger partial charge on any atom is -0.493 e. The molecule has 1 aromatic heterocycles. The first-order valence-electron chi connectivity index (χ1n) is 5.69. The van der Waals surface area contributed by atoms with Crippen LogP contribution >= 0.6 is 12.2 Å². The normalized spacial score (nSPS) is 11.1. The number of aromatic nitrogens is 2. The topological polar surface area (TPSA) is 101 Å². The van der Waals surface area contributed by atoms with E-state index in [4.69, 9.17) is 21.7 Å². The molecule has 9 heteroatoms. The van der Waals surface area contributed by atoms with Gasteiger partial charge in [0.25, 0.3) is 5.56 Å². The molecule has 112 valence electrons. The fourth-order valence-corrected chi connectivity index (χ4v) is 3.13. The third kappa shape index (κ3) is 2.83. The third-order valence-electron chi connectivity index (χ3n) is 2.74. The Hall–Kier alpha value is -2.13. The van der Waals surface area contributed by atoms with Gasteiger partial charge in [-0.3, -0.25) is 9.78 Å². The van der Waals surface area contributed by atoms with Crippen LogP contribution in [0.1, 0.15) is 0 Å². The van der Waals surface area contributed by atoms with Gasteiger partial charge in [0, 0.05) is 12.3 Å². The highest BCUT2D eigenvalue weighted by Gasteiger charge is 2.23. The van der Waals surface area contributed by atoms with E-state index >= 15 is 0 Å². The molecule has 0 aliphatic rings. The number of H-pyrrole nitrogens is 2. The van der Waals surface area contributed by atoms with Crippen molar-refractivity contribution >= 4 is 22.1 Å². The predicted molar refractivity (Wildman–Crippen MR) is 77.2 cm³/mol. The Balaban J connectivity index is 2.64. The van der Waals surface area contributed by atoms with E-state index in [1.807, 2.05) is 0 Å². The highest BCUT2D eigenvalue weighted by atomic mass is 32.2. The van der Waals surface area contributed by atoms with Gasteiger partial charge in [-0.15, -0.1) is 0 Å². The zero-order chi connectivity index (χ0) is 15.6. The lowest BCUT2D eigenvalue weighted by molar-refractivity contribution is 0.354. The summed E-state index contributed by atoms with van der Waals surface area (Å²) in [6.45, 7) is 0. The number of nitrogens with one attached hydrogen (secondary N) is 2. The molecule has 1 heterocycles. The second kappa shape index (κ2) is 5.70.